The van der Waals surface area contributed by atoms with E-state index in [0.717, 1.165) is 0 Å². The molecule has 0 atom stereocenters. The highest BCUT2D eigenvalue weighted by atomic mass is 32.2. The maximum atomic E-state index is 11.9. The number of amides is 2. The quantitative estimate of drug-likeness (QED) is 0.750. The fourth-order valence-electron chi connectivity index (χ4n) is 1.75. The first-order valence-electron chi connectivity index (χ1n) is 6.19. The van der Waals surface area contributed by atoms with Crippen LogP contribution in [0.15, 0.2) is 53.4 Å². The Hall–Kier alpha value is -2.58. The number of anilines is 2. The number of para-hydroxylation sites is 1. The van der Waals surface area contributed by atoms with Crippen molar-refractivity contribution in [2.75, 3.05) is 17.7 Å². The van der Waals surface area contributed by atoms with Crippen LogP contribution in [0.3, 0.4) is 0 Å². The van der Waals surface area contributed by atoms with Gasteiger partial charge in [-0.2, -0.15) is 8.42 Å². The number of ether oxygens (including phenoxy) is 1. The predicted molar refractivity (Wildman–Crippen MR) is 81.9 cm³/mol. The summed E-state index contributed by atoms with van der Waals surface area (Å²) in [4.78, 5) is 11.5. The van der Waals surface area contributed by atoms with Gasteiger partial charge in [0.05, 0.1) is 12.8 Å². The summed E-state index contributed by atoms with van der Waals surface area (Å²) < 4.78 is 36.6. The molecule has 2 aromatic rings. The molecule has 2 amide bonds. The van der Waals surface area contributed by atoms with Crippen LogP contribution in [-0.2, 0) is 10.1 Å². The standard InChI is InChI=1S/C14H14N2O5S/c1-21-11-8-6-10(7-9-11)15-14(17)16-12-4-2-3-5-13(12)22(18,19)20/h2-9H,1H3,(H2,15,16,17)(H,18,19,20). The fraction of sp³-hybridized carbons (Fsp3) is 0.0714. The lowest BCUT2D eigenvalue weighted by Gasteiger charge is -2.10. The average Bonchev–Trinajstić information content (AvgIpc) is 2.47. The Morgan fingerprint density at radius 1 is 1.05 bits per heavy atom. The molecule has 116 valence electrons. The van der Waals surface area contributed by atoms with E-state index >= 15 is 0 Å². The van der Waals surface area contributed by atoms with Gasteiger partial charge in [-0.15, -0.1) is 0 Å². The van der Waals surface area contributed by atoms with Crippen LogP contribution in [0.2, 0.25) is 0 Å². The summed E-state index contributed by atoms with van der Waals surface area (Å²) in [6.45, 7) is 0. The van der Waals surface area contributed by atoms with Gasteiger partial charge < -0.3 is 15.4 Å². The minimum absolute atomic E-state index is 0.0176. The molecule has 2 aromatic carbocycles. The summed E-state index contributed by atoms with van der Waals surface area (Å²) >= 11 is 0. The highest BCUT2D eigenvalue weighted by Crippen LogP contribution is 2.21. The number of rotatable bonds is 4. The minimum atomic E-state index is -4.42. The summed E-state index contributed by atoms with van der Waals surface area (Å²) in [6.07, 6.45) is 0. The van der Waals surface area contributed by atoms with Crippen LogP contribution < -0.4 is 15.4 Å². The van der Waals surface area contributed by atoms with Crippen molar-refractivity contribution in [3.8, 4) is 5.75 Å². The van der Waals surface area contributed by atoms with E-state index < -0.39 is 16.1 Å². The molecule has 0 radical (unpaired) electrons. The van der Waals surface area contributed by atoms with Gasteiger partial charge in [0.2, 0.25) is 0 Å². The van der Waals surface area contributed by atoms with Crippen molar-refractivity contribution < 1.29 is 22.5 Å². The molecule has 8 heteroatoms. The van der Waals surface area contributed by atoms with Crippen molar-refractivity contribution in [1.29, 1.82) is 0 Å². The lowest BCUT2D eigenvalue weighted by molar-refractivity contribution is 0.262. The number of carbonyl (C=O) groups excluding carboxylic acids is 1. The molecule has 0 spiro atoms. The summed E-state index contributed by atoms with van der Waals surface area (Å²) in [5, 5.41) is 4.91. The van der Waals surface area contributed by atoms with Gasteiger partial charge in [0.1, 0.15) is 10.6 Å². The molecule has 0 aliphatic carbocycles. The molecule has 0 saturated carbocycles. The van der Waals surface area contributed by atoms with E-state index in [-0.39, 0.29) is 10.6 Å². The molecule has 2 rings (SSSR count). The number of nitrogens with one attached hydrogen (secondary N) is 2. The molecule has 0 aromatic heterocycles. The third-order valence-corrected chi connectivity index (χ3v) is 3.67. The molecule has 0 unspecified atom stereocenters. The largest absolute Gasteiger partial charge is 0.497 e. The lowest BCUT2D eigenvalue weighted by atomic mass is 10.3. The van der Waals surface area contributed by atoms with Crippen molar-refractivity contribution in [3.05, 3.63) is 48.5 Å². The topological polar surface area (TPSA) is 105 Å². The van der Waals surface area contributed by atoms with Crippen molar-refractivity contribution in [2.45, 2.75) is 4.90 Å². The number of urea groups is 1. The fourth-order valence-corrected chi connectivity index (χ4v) is 2.40. The van der Waals surface area contributed by atoms with E-state index in [1.807, 2.05) is 0 Å². The zero-order valence-corrected chi connectivity index (χ0v) is 12.4. The second-order valence-corrected chi connectivity index (χ2v) is 5.67. The van der Waals surface area contributed by atoms with E-state index in [1.54, 1.807) is 24.3 Å². The minimum Gasteiger partial charge on any atom is -0.497 e. The van der Waals surface area contributed by atoms with Crippen LogP contribution in [0.1, 0.15) is 0 Å². The highest BCUT2D eigenvalue weighted by molar-refractivity contribution is 7.86. The Kier molecular flexibility index (Phi) is 4.64. The lowest BCUT2D eigenvalue weighted by Crippen LogP contribution is -2.20. The molecule has 0 saturated heterocycles. The number of carbonyl (C=O) groups is 1. The first kappa shape index (κ1) is 15.8. The molecule has 0 heterocycles. The Labute approximate surface area is 127 Å². The van der Waals surface area contributed by atoms with Crippen LogP contribution in [-0.4, -0.2) is 26.1 Å². The van der Waals surface area contributed by atoms with Gasteiger partial charge in [0.25, 0.3) is 10.1 Å². The predicted octanol–water partition coefficient (Wildman–Crippen LogP) is 2.59. The van der Waals surface area contributed by atoms with Crippen LogP contribution in [0, 0.1) is 0 Å². The molecule has 7 nitrogen and oxygen atoms in total. The van der Waals surface area contributed by atoms with Gasteiger partial charge in [-0.25, -0.2) is 4.79 Å². The monoisotopic (exact) mass is 322 g/mol. The zero-order chi connectivity index (χ0) is 16.2. The normalized spacial score (nSPS) is 10.8. The number of hydrogen-bond acceptors (Lipinski definition) is 4. The number of hydrogen-bond donors (Lipinski definition) is 3. The van der Waals surface area contributed by atoms with Crippen LogP contribution in [0.5, 0.6) is 5.75 Å². The van der Waals surface area contributed by atoms with Gasteiger partial charge in [-0.1, -0.05) is 12.1 Å². The molecule has 0 bridgehead atoms. The molecule has 3 N–H and O–H groups in total. The molecule has 0 aliphatic heterocycles. The van der Waals surface area contributed by atoms with Crippen LogP contribution in [0.25, 0.3) is 0 Å². The summed E-state index contributed by atoms with van der Waals surface area (Å²) in [6, 6.07) is 11.5. The first-order valence-corrected chi connectivity index (χ1v) is 7.63. The zero-order valence-electron chi connectivity index (χ0n) is 11.6. The summed E-state index contributed by atoms with van der Waals surface area (Å²) in [5.74, 6) is 0.641. The highest BCUT2D eigenvalue weighted by Gasteiger charge is 2.16. The van der Waals surface area contributed by atoms with E-state index in [4.69, 9.17) is 9.29 Å². The number of benzene rings is 2. The molecule has 0 aliphatic rings. The van der Waals surface area contributed by atoms with Gasteiger partial charge in [0, 0.05) is 5.69 Å². The van der Waals surface area contributed by atoms with Gasteiger partial charge in [-0.3, -0.25) is 4.55 Å². The first-order chi connectivity index (χ1) is 10.4. The van der Waals surface area contributed by atoms with Crippen molar-refractivity contribution >= 4 is 27.5 Å². The Bertz CT molecular complexity index is 772. The summed E-state index contributed by atoms with van der Waals surface area (Å²) in [5.41, 5.74) is 0.485. The van der Waals surface area contributed by atoms with E-state index in [2.05, 4.69) is 10.6 Å². The molecular weight excluding hydrogens is 308 g/mol. The van der Waals surface area contributed by atoms with Crippen molar-refractivity contribution in [2.24, 2.45) is 0 Å². The second-order valence-electron chi connectivity index (χ2n) is 4.28. The van der Waals surface area contributed by atoms with Gasteiger partial charge in [-0.05, 0) is 36.4 Å². The third-order valence-electron chi connectivity index (χ3n) is 2.76. The number of methoxy groups -OCH3 is 1. The van der Waals surface area contributed by atoms with E-state index in [9.17, 15) is 13.2 Å². The molecule has 0 fully saturated rings. The summed E-state index contributed by atoms with van der Waals surface area (Å²) in [7, 11) is -2.89. The molecular formula is C14H14N2O5S. The van der Waals surface area contributed by atoms with Crippen molar-refractivity contribution in [3.63, 3.8) is 0 Å². The Morgan fingerprint density at radius 3 is 2.27 bits per heavy atom. The van der Waals surface area contributed by atoms with Gasteiger partial charge >= 0.3 is 6.03 Å². The van der Waals surface area contributed by atoms with Crippen LogP contribution >= 0.6 is 0 Å². The SMILES string of the molecule is COc1ccc(NC(=O)Nc2ccccc2S(=O)(=O)O)cc1. The maximum Gasteiger partial charge on any atom is 0.323 e. The Morgan fingerprint density at radius 2 is 1.68 bits per heavy atom. The smallest absolute Gasteiger partial charge is 0.323 e. The average molecular weight is 322 g/mol. The maximum absolute atomic E-state index is 11.9. The third kappa shape index (κ3) is 3.96. The van der Waals surface area contributed by atoms with Gasteiger partial charge in [0.15, 0.2) is 0 Å². The van der Waals surface area contributed by atoms with Crippen molar-refractivity contribution in [1.82, 2.24) is 0 Å². The van der Waals surface area contributed by atoms with Crippen LogP contribution in [0.4, 0.5) is 16.2 Å². The van der Waals surface area contributed by atoms with E-state index in [1.165, 1.54) is 31.4 Å². The van der Waals surface area contributed by atoms with E-state index in [0.29, 0.717) is 11.4 Å². The Balaban J connectivity index is 2.12. The second kappa shape index (κ2) is 6.46. The molecule has 22 heavy (non-hydrogen) atoms.